The van der Waals surface area contributed by atoms with Gasteiger partial charge in [-0.25, -0.2) is 9.18 Å². The van der Waals surface area contributed by atoms with E-state index in [1.54, 1.807) is 16.4 Å². The summed E-state index contributed by atoms with van der Waals surface area (Å²) in [5, 5.41) is 1.07. The van der Waals surface area contributed by atoms with Gasteiger partial charge in [0.15, 0.2) is 5.13 Å². The molecule has 2 aromatic rings. The summed E-state index contributed by atoms with van der Waals surface area (Å²) < 4.78 is 78.3. The molecule has 0 spiro atoms. The van der Waals surface area contributed by atoms with Crippen molar-refractivity contribution in [2.24, 2.45) is 5.41 Å². The predicted molar refractivity (Wildman–Crippen MR) is 128 cm³/mol. The Morgan fingerprint density at radius 2 is 1.92 bits per heavy atom. The van der Waals surface area contributed by atoms with Crippen LogP contribution < -0.4 is 5.32 Å². The number of hydrogen-bond acceptors (Lipinski definition) is 5. The minimum atomic E-state index is -5.42. The van der Waals surface area contributed by atoms with Crippen LogP contribution in [0.3, 0.4) is 0 Å². The number of thiophene rings is 1. The van der Waals surface area contributed by atoms with Gasteiger partial charge in [0.2, 0.25) is 0 Å². The molecule has 0 radical (unpaired) electrons. The quantitative estimate of drug-likeness (QED) is 0.310. The van der Waals surface area contributed by atoms with E-state index in [4.69, 9.17) is 4.74 Å². The number of nitrogens with zero attached hydrogens (tertiary/aromatic N) is 2. The van der Waals surface area contributed by atoms with Gasteiger partial charge in [-0.15, -0.1) is 11.3 Å². The van der Waals surface area contributed by atoms with Crippen molar-refractivity contribution in [3.8, 4) is 0 Å². The molecule has 2 aromatic heterocycles. The number of pyridine rings is 1. The molecular weight excluding hydrogens is 501 g/mol. The third-order valence-corrected chi connectivity index (χ3v) is 7.91. The third-order valence-electron chi connectivity index (χ3n) is 6.98. The van der Waals surface area contributed by atoms with Gasteiger partial charge in [-0.2, -0.15) is 17.6 Å². The molecule has 0 aromatic carbocycles. The van der Waals surface area contributed by atoms with Gasteiger partial charge in [0.05, 0.1) is 6.10 Å². The van der Waals surface area contributed by atoms with E-state index in [9.17, 15) is 22.4 Å². The number of alkyl carbamates (subject to hydrolysis) is 1. The first-order valence-corrected chi connectivity index (χ1v) is 12.6. The lowest BCUT2D eigenvalue weighted by Crippen LogP contribution is -2.67. The summed E-state index contributed by atoms with van der Waals surface area (Å²) in [6.45, 7) is 8.30. The lowest BCUT2D eigenvalue weighted by atomic mass is 9.72. The Hall–Kier alpha value is -2.27. The molecule has 1 amide bonds. The number of alkyl halides is 4. The van der Waals surface area contributed by atoms with E-state index in [0.29, 0.717) is 4.88 Å². The first-order valence-electron chi connectivity index (χ1n) is 11.8. The monoisotopic (exact) mass is 533 g/mol. The lowest BCUT2D eigenvalue weighted by Gasteiger charge is -2.45. The van der Waals surface area contributed by atoms with Crippen molar-refractivity contribution in [1.82, 2.24) is 15.2 Å². The number of halogens is 5. The minimum Gasteiger partial charge on any atom is -0.447 e. The largest absolute Gasteiger partial charge is 0.447 e. The molecular formula is C25H32F5N3O2S. The van der Waals surface area contributed by atoms with Crippen molar-refractivity contribution in [1.29, 1.82) is 0 Å². The average molecular weight is 534 g/mol. The Labute approximate surface area is 212 Å². The fourth-order valence-corrected chi connectivity index (χ4v) is 5.48. The maximum Gasteiger partial charge on any atom is 0.442 e. The lowest BCUT2D eigenvalue weighted by molar-refractivity contribution is -0.280. The number of carbonyl (C=O) groups is 1. The van der Waals surface area contributed by atoms with E-state index in [2.05, 4.69) is 4.98 Å². The Kier molecular flexibility index (Phi) is 8.05. The molecule has 1 aliphatic rings. The van der Waals surface area contributed by atoms with Crippen LogP contribution in [-0.2, 0) is 16.7 Å². The molecule has 1 saturated heterocycles. The van der Waals surface area contributed by atoms with Gasteiger partial charge in [0.1, 0.15) is 0 Å². The van der Waals surface area contributed by atoms with Gasteiger partial charge in [0.25, 0.3) is 5.79 Å². The molecule has 1 aliphatic heterocycles. The van der Waals surface area contributed by atoms with Crippen LogP contribution >= 0.6 is 11.3 Å². The van der Waals surface area contributed by atoms with Crippen molar-refractivity contribution >= 4 is 17.4 Å². The topological polar surface area (TPSA) is 54.5 Å². The molecule has 0 bridgehead atoms. The molecule has 36 heavy (non-hydrogen) atoms. The average Bonchev–Trinajstić information content (AvgIpc) is 3.38. The Bertz CT molecular complexity index is 1060. The fraction of sp³-hybridized carbons (Fsp3) is 0.600. The Morgan fingerprint density at radius 1 is 1.22 bits per heavy atom. The van der Waals surface area contributed by atoms with Gasteiger partial charge >= 0.3 is 12.3 Å². The normalized spacial score (nSPS) is 21.0. The number of hydrogen-bond donors (Lipinski definition) is 1. The van der Waals surface area contributed by atoms with Crippen molar-refractivity contribution in [2.75, 3.05) is 13.1 Å². The SMILES string of the molecule is Cc1ccc(C(C)(C)N2CC[C@@](CCc3ccc(F)s3)(C(F)(NC(=O)OC(C)C)C(F)(F)F)C2)cn1. The smallest absolute Gasteiger partial charge is 0.442 e. The summed E-state index contributed by atoms with van der Waals surface area (Å²) >= 11 is 0.811. The first kappa shape index (κ1) is 28.3. The second kappa shape index (κ2) is 10.2. The zero-order valence-corrected chi connectivity index (χ0v) is 21.8. The molecule has 5 nitrogen and oxygen atoms in total. The van der Waals surface area contributed by atoms with Crippen LogP contribution in [0.4, 0.5) is 26.7 Å². The molecule has 0 aliphatic carbocycles. The van der Waals surface area contributed by atoms with E-state index in [0.717, 1.165) is 22.6 Å². The number of rotatable bonds is 8. The summed E-state index contributed by atoms with van der Waals surface area (Å²) in [7, 11) is 0. The molecule has 3 rings (SSSR count). The van der Waals surface area contributed by atoms with Crippen molar-refractivity contribution in [3.05, 3.63) is 51.7 Å². The second-order valence-corrected chi connectivity index (χ2v) is 11.3. The van der Waals surface area contributed by atoms with Crippen molar-refractivity contribution in [2.45, 2.75) is 77.5 Å². The van der Waals surface area contributed by atoms with E-state index >= 15 is 4.39 Å². The number of nitrogens with one attached hydrogen (secondary N) is 1. The van der Waals surface area contributed by atoms with Crippen molar-refractivity contribution in [3.63, 3.8) is 0 Å². The highest BCUT2D eigenvalue weighted by atomic mass is 32.1. The van der Waals surface area contributed by atoms with Crippen molar-refractivity contribution < 1.29 is 31.5 Å². The highest BCUT2D eigenvalue weighted by Gasteiger charge is 2.71. The van der Waals surface area contributed by atoms with Crippen LogP contribution in [0.2, 0.25) is 0 Å². The number of ether oxygens (including phenoxy) is 1. The standard InChI is InChI=1S/C25H32F5N3O2S/c1-16(2)35-21(34)32-24(27,25(28,29)30)23(11-10-19-8-9-20(26)36-19)12-13-33(15-23)22(4,5)18-7-6-17(3)31-14-18/h6-9,14,16H,10-13,15H2,1-5H3,(H,32,34)/t23-,24?/m1/s1. The van der Waals surface area contributed by atoms with Crippen LogP contribution in [-0.4, -0.2) is 47.1 Å². The van der Waals surface area contributed by atoms with Gasteiger partial charge < -0.3 is 4.74 Å². The second-order valence-electron chi connectivity index (χ2n) is 10.1. The molecule has 0 saturated carbocycles. The predicted octanol–water partition coefficient (Wildman–Crippen LogP) is 6.51. The summed E-state index contributed by atoms with van der Waals surface area (Å²) in [4.78, 5) is 18.9. The van der Waals surface area contributed by atoms with Crippen LogP contribution in [0.5, 0.6) is 0 Å². The number of aromatic nitrogens is 1. The summed E-state index contributed by atoms with van der Waals surface area (Å²) in [6, 6.07) is 6.37. The summed E-state index contributed by atoms with van der Waals surface area (Å²) in [5.74, 6) is -4.07. The number of carbonyl (C=O) groups excluding carboxylic acids is 1. The zero-order chi connectivity index (χ0) is 26.9. The summed E-state index contributed by atoms with van der Waals surface area (Å²) in [6.07, 6.45) is -6.39. The summed E-state index contributed by atoms with van der Waals surface area (Å²) in [5.41, 5.74) is -1.24. The minimum absolute atomic E-state index is 0.0254. The highest BCUT2D eigenvalue weighted by molar-refractivity contribution is 7.10. The molecule has 2 atom stereocenters. The van der Waals surface area contributed by atoms with Gasteiger partial charge in [-0.1, -0.05) is 6.07 Å². The van der Waals surface area contributed by atoms with Gasteiger partial charge in [-0.3, -0.25) is 15.2 Å². The first-order chi connectivity index (χ1) is 16.6. The van der Waals surface area contributed by atoms with Crippen LogP contribution in [0.1, 0.15) is 56.7 Å². The molecule has 11 heteroatoms. The van der Waals surface area contributed by atoms with E-state index < -0.39 is 40.3 Å². The molecule has 1 N–H and O–H groups in total. The van der Waals surface area contributed by atoms with Gasteiger partial charge in [0, 0.05) is 34.3 Å². The Morgan fingerprint density at radius 3 is 2.44 bits per heavy atom. The zero-order valence-electron chi connectivity index (χ0n) is 21.0. The van der Waals surface area contributed by atoms with Gasteiger partial charge in [-0.05, 0) is 84.2 Å². The maximum absolute atomic E-state index is 16.4. The fourth-order valence-electron chi connectivity index (χ4n) is 4.76. The maximum atomic E-state index is 16.4. The highest BCUT2D eigenvalue weighted by Crippen LogP contribution is 2.54. The Balaban J connectivity index is 2.01. The third kappa shape index (κ3) is 5.66. The molecule has 1 unspecified atom stereocenters. The number of likely N-dealkylation sites (tertiary alicyclic amines) is 1. The van der Waals surface area contributed by atoms with Crippen LogP contribution in [0.15, 0.2) is 30.5 Å². The molecule has 1 fully saturated rings. The van der Waals surface area contributed by atoms with E-state index in [1.807, 2.05) is 32.9 Å². The van der Waals surface area contributed by atoms with E-state index in [-0.39, 0.29) is 32.4 Å². The number of amides is 1. The molecule has 200 valence electrons. The van der Waals surface area contributed by atoms with E-state index in [1.165, 1.54) is 26.0 Å². The number of aryl methyl sites for hydroxylation is 2. The van der Waals surface area contributed by atoms with Crippen LogP contribution in [0, 0.1) is 17.5 Å². The molecule has 3 heterocycles. The van der Waals surface area contributed by atoms with Crippen LogP contribution in [0.25, 0.3) is 0 Å².